The number of allylic oxidation sites excluding steroid dienone is 1. The lowest BCUT2D eigenvalue weighted by atomic mass is 10.1. The van der Waals surface area contributed by atoms with Gasteiger partial charge in [-0.1, -0.05) is 36.0 Å². The monoisotopic (exact) mass is 468 g/mol. The highest BCUT2D eigenvalue weighted by atomic mass is 32.2. The summed E-state index contributed by atoms with van der Waals surface area (Å²) in [6.45, 7) is 4.00. The fourth-order valence-electron chi connectivity index (χ4n) is 4.19. The molecule has 0 saturated heterocycles. The summed E-state index contributed by atoms with van der Waals surface area (Å²) in [6.07, 6.45) is 5.20. The van der Waals surface area contributed by atoms with Gasteiger partial charge in [0.1, 0.15) is 0 Å². The maximum atomic E-state index is 13.1. The molecule has 0 bridgehead atoms. The summed E-state index contributed by atoms with van der Waals surface area (Å²) in [7, 11) is 2.07. The van der Waals surface area contributed by atoms with Gasteiger partial charge < -0.3 is 14.0 Å². The maximum absolute atomic E-state index is 13.1. The molecule has 0 atom stereocenters. The summed E-state index contributed by atoms with van der Waals surface area (Å²) in [6, 6.07) is 19.9. The lowest BCUT2D eigenvalue weighted by Crippen LogP contribution is -2.14. The zero-order chi connectivity index (χ0) is 23.8. The summed E-state index contributed by atoms with van der Waals surface area (Å²) in [5.41, 5.74) is 5.76. The van der Waals surface area contributed by atoms with Crippen LogP contribution < -0.4 is 4.90 Å². The molecule has 0 spiro atoms. The van der Waals surface area contributed by atoms with Crippen LogP contribution >= 0.6 is 11.8 Å². The molecule has 34 heavy (non-hydrogen) atoms. The molecular weight excluding hydrogens is 444 g/mol. The average molecular weight is 469 g/mol. The quantitative estimate of drug-likeness (QED) is 0.189. The zero-order valence-electron chi connectivity index (χ0n) is 19.2. The summed E-state index contributed by atoms with van der Waals surface area (Å²) < 4.78 is 6.95. The zero-order valence-corrected chi connectivity index (χ0v) is 20.1. The van der Waals surface area contributed by atoms with E-state index in [-0.39, 0.29) is 12.4 Å². The minimum absolute atomic E-state index is 0.178. The van der Waals surface area contributed by atoms with Crippen molar-refractivity contribution in [2.75, 3.05) is 18.6 Å². The molecule has 0 aliphatic carbocycles. The van der Waals surface area contributed by atoms with Crippen molar-refractivity contribution in [1.82, 2.24) is 4.40 Å². The van der Waals surface area contributed by atoms with Crippen molar-refractivity contribution in [2.45, 2.75) is 23.6 Å². The minimum atomic E-state index is -0.426. The highest BCUT2D eigenvalue weighted by Gasteiger charge is 2.21. The topological polar surface area (TPSA) is 51.0 Å². The second-order valence-corrected chi connectivity index (χ2v) is 9.26. The van der Waals surface area contributed by atoms with Crippen molar-refractivity contribution < 1.29 is 14.3 Å². The van der Waals surface area contributed by atoms with Crippen molar-refractivity contribution in [2.24, 2.45) is 0 Å². The third-order valence-corrected chi connectivity index (χ3v) is 7.01. The number of rotatable bonds is 5. The van der Waals surface area contributed by atoms with E-state index in [0.717, 1.165) is 21.7 Å². The molecule has 4 aromatic rings. The maximum Gasteiger partial charge on any atom is 0.340 e. The van der Waals surface area contributed by atoms with E-state index < -0.39 is 5.97 Å². The number of pyridine rings is 1. The van der Waals surface area contributed by atoms with E-state index in [0.29, 0.717) is 16.8 Å². The summed E-state index contributed by atoms with van der Waals surface area (Å²) in [4.78, 5) is 30.1. The molecule has 170 valence electrons. The van der Waals surface area contributed by atoms with Gasteiger partial charge in [0.25, 0.3) is 0 Å². The smallest absolute Gasteiger partial charge is 0.340 e. The van der Waals surface area contributed by atoms with E-state index in [2.05, 4.69) is 36.2 Å². The molecule has 2 aromatic heterocycles. The molecule has 1 aliphatic heterocycles. The third-order valence-electron chi connectivity index (χ3n) is 5.89. The number of carbonyl (C=O) groups excluding carboxylic acids is 2. The number of hydrogen-bond donors (Lipinski definition) is 0. The Hall–Kier alpha value is -3.77. The molecule has 2 aromatic carbocycles. The first kappa shape index (κ1) is 22.0. The van der Waals surface area contributed by atoms with E-state index >= 15 is 0 Å². The summed E-state index contributed by atoms with van der Waals surface area (Å²) >= 11 is 1.73. The minimum Gasteiger partial charge on any atom is -0.462 e. The van der Waals surface area contributed by atoms with Gasteiger partial charge in [0.15, 0.2) is 0 Å². The van der Waals surface area contributed by atoms with Crippen LogP contribution in [-0.4, -0.2) is 29.8 Å². The van der Waals surface area contributed by atoms with E-state index in [1.807, 2.05) is 49.5 Å². The van der Waals surface area contributed by atoms with Gasteiger partial charge in [-0.3, -0.25) is 4.79 Å². The van der Waals surface area contributed by atoms with Crippen LogP contribution in [0.2, 0.25) is 0 Å². The Morgan fingerprint density at radius 1 is 1.00 bits per heavy atom. The van der Waals surface area contributed by atoms with Crippen LogP contribution in [0.5, 0.6) is 0 Å². The SMILES string of the molecule is CCOC(=O)c1cc(C(=O)/C=C/c2ccc3c(c2)Sc2ccccc2N3C)n2ccc(C)cc12. The van der Waals surface area contributed by atoms with Crippen LogP contribution in [-0.2, 0) is 4.74 Å². The molecular formula is C28H24N2O3S. The molecule has 5 nitrogen and oxygen atoms in total. The van der Waals surface area contributed by atoms with Gasteiger partial charge in [-0.25, -0.2) is 4.79 Å². The Balaban J connectivity index is 1.45. The van der Waals surface area contributed by atoms with Crippen LogP contribution in [0.15, 0.2) is 82.7 Å². The molecule has 1 aliphatic rings. The number of aromatic nitrogens is 1. The summed E-state index contributed by atoms with van der Waals surface area (Å²) in [5.74, 6) is -0.605. The number of aryl methyl sites for hydroxylation is 1. The number of fused-ring (bicyclic) bond motifs is 3. The second kappa shape index (κ2) is 8.88. The first-order valence-corrected chi connectivity index (χ1v) is 11.9. The number of hydrogen-bond acceptors (Lipinski definition) is 5. The number of para-hydroxylation sites is 1. The number of ether oxygens (including phenoxy) is 1. The molecule has 5 rings (SSSR count). The van der Waals surface area contributed by atoms with Crippen molar-refractivity contribution in [1.29, 1.82) is 0 Å². The van der Waals surface area contributed by atoms with Gasteiger partial charge in [-0.15, -0.1) is 0 Å². The highest BCUT2D eigenvalue weighted by Crippen LogP contribution is 2.47. The Morgan fingerprint density at radius 2 is 1.79 bits per heavy atom. The van der Waals surface area contributed by atoms with Crippen LogP contribution in [0.25, 0.3) is 11.6 Å². The summed E-state index contributed by atoms with van der Waals surface area (Å²) in [5, 5.41) is 0. The predicted molar refractivity (Wildman–Crippen MR) is 137 cm³/mol. The molecule has 0 amide bonds. The molecule has 0 N–H and O–H groups in total. The molecule has 0 fully saturated rings. The van der Waals surface area contributed by atoms with E-state index in [1.165, 1.54) is 10.6 Å². The van der Waals surface area contributed by atoms with Crippen molar-refractivity contribution in [3.05, 3.63) is 95.3 Å². The molecule has 0 unspecified atom stereocenters. The first-order chi connectivity index (χ1) is 16.5. The first-order valence-electron chi connectivity index (χ1n) is 11.1. The Morgan fingerprint density at radius 3 is 2.62 bits per heavy atom. The molecule has 3 heterocycles. The number of carbonyl (C=O) groups is 2. The van der Waals surface area contributed by atoms with Crippen LogP contribution in [0.3, 0.4) is 0 Å². The normalized spacial score (nSPS) is 12.6. The highest BCUT2D eigenvalue weighted by molar-refractivity contribution is 7.99. The van der Waals surface area contributed by atoms with E-state index in [4.69, 9.17) is 4.74 Å². The number of nitrogens with zero attached hydrogens (tertiary/aromatic N) is 2. The van der Waals surface area contributed by atoms with Crippen LogP contribution in [0.1, 0.15) is 38.9 Å². The largest absolute Gasteiger partial charge is 0.462 e. The van der Waals surface area contributed by atoms with Gasteiger partial charge in [0, 0.05) is 23.0 Å². The number of benzene rings is 2. The van der Waals surface area contributed by atoms with Crippen LogP contribution in [0.4, 0.5) is 11.4 Å². The lowest BCUT2D eigenvalue weighted by molar-refractivity contribution is 0.0529. The van der Waals surface area contributed by atoms with Gasteiger partial charge in [0.2, 0.25) is 5.78 Å². The van der Waals surface area contributed by atoms with E-state index in [9.17, 15) is 9.59 Å². The average Bonchev–Trinajstić information content (AvgIpc) is 3.21. The number of ketones is 1. The van der Waals surface area contributed by atoms with Crippen LogP contribution in [0, 0.1) is 6.92 Å². The Labute approximate surface area is 202 Å². The van der Waals surface area contributed by atoms with Gasteiger partial charge in [0.05, 0.1) is 34.8 Å². The van der Waals surface area contributed by atoms with Gasteiger partial charge in [-0.05, 0) is 73.5 Å². The van der Waals surface area contributed by atoms with E-state index in [1.54, 1.807) is 35.2 Å². The third kappa shape index (κ3) is 3.90. The standard InChI is InChI=1S/C28H24N2O3S/c1-4-33-28(32)20-17-24(30-14-13-18(2)15-23(20)30)25(31)12-10-19-9-11-22-27(16-19)34-26-8-6-5-7-21(26)29(22)3/h5-17H,4H2,1-3H3/b12-10+. The van der Waals surface area contributed by atoms with Crippen molar-refractivity contribution in [3.8, 4) is 0 Å². The lowest BCUT2D eigenvalue weighted by Gasteiger charge is -2.29. The van der Waals surface area contributed by atoms with Gasteiger partial charge >= 0.3 is 5.97 Å². The fraction of sp³-hybridized carbons (Fsp3) is 0.143. The Kier molecular flexibility index (Phi) is 5.75. The Bertz CT molecular complexity index is 1470. The molecule has 6 heteroatoms. The van der Waals surface area contributed by atoms with Crippen molar-refractivity contribution >= 4 is 46.5 Å². The molecule has 0 saturated carbocycles. The predicted octanol–water partition coefficient (Wildman–Crippen LogP) is 6.55. The number of anilines is 2. The van der Waals surface area contributed by atoms with Crippen molar-refractivity contribution in [3.63, 3.8) is 0 Å². The fourth-order valence-corrected chi connectivity index (χ4v) is 5.38. The molecule has 0 radical (unpaired) electrons. The number of esters is 1. The van der Waals surface area contributed by atoms with Gasteiger partial charge in [-0.2, -0.15) is 0 Å². The second-order valence-electron chi connectivity index (χ2n) is 8.18.